The highest BCUT2D eigenvalue weighted by atomic mass is 15.2. The number of nitrogens with zero attached hydrogens (tertiary/aromatic N) is 3. The van der Waals surface area contributed by atoms with Gasteiger partial charge in [-0.2, -0.15) is 5.26 Å². The van der Waals surface area contributed by atoms with E-state index in [1.807, 2.05) is 44.1 Å². The van der Waals surface area contributed by atoms with Crippen LogP contribution in [-0.2, 0) is 0 Å². The van der Waals surface area contributed by atoms with Gasteiger partial charge in [0.1, 0.15) is 5.82 Å². The second kappa shape index (κ2) is 4.61. The molecule has 0 saturated carbocycles. The third kappa shape index (κ3) is 2.46. The first-order valence-corrected chi connectivity index (χ1v) is 4.67. The topological polar surface area (TPSA) is 39.9 Å². The lowest BCUT2D eigenvalue weighted by atomic mass is 10.2. The lowest BCUT2D eigenvalue weighted by Gasteiger charge is -2.23. The van der Waals surface area contributed by atoms with E-state index in [-0.39, 0.29) is 6.04 Å². The van der Waals surface area contributed by atoms with Crippen LogP contribution in [0.2, 0.25) is 0 Å². The van der Waals surface area contributed by atoms with Crippen LogP contribution in [0.5, 0.6) is 0 Å². The molecule has 74 valence electrons. The highest BCUT2D eigenvalue weighted by molar-refractivity contribution is 5.39. The van der Waals surface area contributed by atoms with Crippen LogP contribution in [0.4, 0.5) is 5.82 Å². The zero-order valence-electron chi connectivity index (χ0n) is 8.86. The Morgan fingerprint density at radius 2 is 2.29 bits per heavy atom. The Morgan fingerprint density at radius 1 is 1.57 bits per heavy atom. The smallest absolute Gasteiger partial charge is 0.128 e. The maximum Gasteiger partial charge on any atom is 0.128 e. The molecule has 1 aromatic heterocycles. The molecule has 1 rings (SSSR count). The summed E-state index contributed by atoms with van der Waals surface area (Å²) in [6.45, 7) is 4.03. The second-order valence-electron chi connectivity index (χ2n) is 3.52. The highest BCUT2D eigenvalue weighted by Gasteiger charge is 2.09. The molecule has 0 N–H and O–H groups in total. The van der Waals surface area contributed by atoms with Gasteiger partial charge in [0.2, 0.25) is 0 Å². The molecule has 0 aliphatic carbocycles. The molecular weight excluding hydrogens is 174 g/mol. The van der Waals surface area contributed by atoms with Crippen molar-refractivity contribution >= 4 is 5.82 Å². The fourth-order valence-electron chi connectivity index (χ4n) is 1.16. The first-order chi connectivity index (χ1) is 6.65. The van der Waals surface area contributed by atoms with E-state index in [0.29, 0.717) is 6.42 Å². The van der Waals surface area contributed by atoms with Gasteiger partial charge in [-0.15, -0.1) is 0 Å². The van der Waals surface area contributed by atoms with E-state index in [2.05, 4.69) is 11.1 Å². The number of hydrogen-bond donors (Lipinski definition) is 0. The molecule has 3 heteroatoms. The molecule has 0 fully saturated rings. The summed E-state index contributed by atoms with van der Waals surface area (Å²) in [6.07, 6.45) is 2.36. The largest absolute Gasteiger partial charge is 0.356 e. The first kappa shape index (κ1) is 10.5. The molecule has 0 spiro atoms. The Morgan fingerprint density at radius 3 is 2.79 bits per heavy atom. The molecule has 0 aromatic carbocycles. The molecule has 0 saturated heterocycles. The summed E-state index contributed by atoms with van der Waals surface area (Å²) in [5.41, 5.74) is 1.15. The van der Waals surface area contributed by atoms with Gasteiger partial charge < -0.3 is 4.90 Å². The van der Waals surface area contributed by atoms with Crippen LogP contribution in [0.1, 0.15) is 18.9 Å². The van der Waals surface area contributed by atoms with Crippen molar-refractivity contribution in [2.24, 2.45) is 0 Å². The molecule has 0 aliphatic heterocycles. The molecule has 1 aromatic rings. The van der Waals surface area contributed by atoms with E-state index >= 15 is 0 Å². The molecule has 0 amide bonds. The summed E-state index contributed by atoms with van der Waals surface area (Å²) >= 11 is 0. The number of hydrogen-bond acceptors (Lipinski definition) is 3. The van der Waals surface area contributed by atoms with Crippen molar-refractivity contribution < 1.29 is 0 Å². The SMILES string of the molecule is Cc1ccc(N(C)C(C)CC#N)nc1. The summed E-state index contributed by atoms with van der Waals surface area (Å²) in [4.78, 5) is 6.31. The van der Waals surface area contributed by atoms with Gasteiger partial charge in [-0.05, 0) is 25.5 Å². The van der Waals surface area contributed by atoms with Crippen molar-refractivity contribution in [3.8, 4) is 6.07 Å². The summed E-state index contributed by atoms with van der Waals surface area (Å²) in [5, 5.41) is 8.58. The van der Waals surface area contributed by atoms with Gasteiger partial charge in [0.25, 0.3) is 0 Å². The van der Waals surface area contributed by atoms with E-state index in [4.69, 9.17) is 5.26 Å². The maximum absolute atomic E-state index is 8.58. The number of pyridine rings is 1. The Balaban J connectivity index is 2.74. The van der Waals surface area contributed by atoms with Crippen molar-refractivity contribution in [1.29, 1.82) is 5.26 Å². The molecule has 0 aliphatic rings. The van der Waals surface area contributed by atoms with Crippen molar-refractivity contribution in [3.63, 3.8) is 0 Å². The normalized spacial score (nSPS) is 11.9. The fraction of sp³-hybridized carbons (Fsp3) is 0.455. The molecule has 0 radical (unpaired) electrons. The van der Waals surface area contributed by atoms with Gasteiger partial charge in [-0.3, -0.25) is 0 Å². The summed E-state index contributed by atoms with van der Waals surface area (Å²) < 4.78 is 0. The molecule has 0 bridgehead atoms. The second-order valence-corrected chi connectivity index (χ2v) is 3.52. The van der Waals surface area contributed by atoms with Crippen LogP contribution in [0.3, 0.4) is 0 Å². The van der Waals surface area contributed by atoms with Crippen molar-refractivity contribution in [1.82, 2.24) is 4.98 Å². The summed E-state index contributed by atoms with van der Waals surface area (Å²) in [6, 6.07) is 6.37. The molecule has 3 nitrogen and oxygen atoms in total. The number of aryl methyl sites for hydroxylation is 1. The van der Waals surface area contributed by atoms with Gasteiger partial charge in [0.15, 0.2) is 0 Å². The zero-order chi connectivity index (χ0) is 10.6. The predicted molar refractivity (Wildman–Crippen MR) is 57.1 cm³/mol. The average molecular weight is 189 g/mol. The third-order valence-electron chi connectivity index (χ3n) is 2.30. The Labute approximate surface area is 85.0 Å². The van der Waals surface area contributed by atoms with Crippen LogP contribution in [0.25, 0.3) is 0 Å². The fourth-order valence-corrected chi connectivity index (χ4v) is 1.16. The summed E-state index contributed by atoms with van der Waals surface area (Å²) in [5.74, 6) is 0.915. The van der Waals surface area contributed by atoms with Crippen LogP contribution in [-0.4, -0.2) is 18.1 Å². The van der Waals surface area contributed by atoms with E-state index in [9.17, 15) is 0 Å². The van der Waals surface area contributed by atoms with E-state index < -0.39 is 0 Å². The molecular formula is C11H15N3. The quantitative estimate of drug-likeness (QED) is 0.731. The first-order valence-electron chi connectivity index (χ1n) is 4.67. The van der Waals surface area contributed by atoms with Gasteiger partial charge in [0, 0.05) is 19.3 Å². The van der Waals surface area contributed by atoms with Gasteiger partial charge in [0.05, 0.1) is 12.5 Å². The third-order valence-corrected chi connectivity index (χ3v) is 2.30. The van der Waals surface area contributed by atoms with Crippen LogP contribution in [0.15, 0.2) is 18.3 Å². The van der Waals surface area contributed by atoms with E-state index in [1.165, 1.54) is 0 Å². The minimum atomic E-state index is 0.204. The Kier molecular flexibility index (Phi) is 3.47. The molecule has 1 atom stereocenters. The molecule has 1 heterocycles. The standard InChI is InChI=1S/C11H15N3/c1-9-4-5-11(13-8-9)14(3)10(2)6-7-12/h4-5,8,10H,6H2,1-3H3. The Hall–Kier alpha value is -1.56. The number of aromatic nitrogens is 1. The van der Waals surface area contributed by atoms with Crippen molar-refractivity contribution in [2.45, 2.75) is 26.3 Å². The Bertz CT molecular complexity index is 323. The number of nitriles is 1. The highest BCUT2D eigenvalue weighted by Crippen LogP contribution is 2.13. The van der Waals surface area contributed by atoms with Crippen molar-refractivity contribution in [3.05, 3.63) is 23.9 Å². The van der Waals surface area contributed by atoms with E-state index in [0.717, 1.165) is 11.4 Å². The van der Waals surface area contributed by atoms with Crippen LogP contribution in [0, 0.1) is 18.3 Å². The monoisotopic (exact) mass is 189 g/mol. The van der Waals surface area contributed by atoms with E-state index in [1.54, 1.807) is 0 Å². The maximum atomic E-state index is 8.58. The van der Waals surface area contributed by atoms with Crippen LogP contribution < -0.4 is 4.90 Å². The van der Waals surface area contributed by atoms with Gasteiger partial charge >= 0.3 is 0 Å². The lowest BCUT2D eigenvalue weighted by Crippen LogP contribution is -2.29. The molecule has 14 heavy (non-hydrogen) atoms. The minimum Gasteiger partial charge on any atom is -0.356 e. The average Bonchev–Trinajstić information content (AvgIpc) is 2.18. The van der Waals surface area contributed by atoms with Crippen molar-refractivity contribution in [2.75, 3.05) is 11.9 Å². The van der Waals surface area contributed by atoms with Crippen LogP contribution >= 0.6 is 0 Å². The number of rotatable bonds is 3. The lowest BCUT2D eigenvalue weighted by molar-refractivity contribution is 0.694. The predicted octanol–water partition coefficient (Wildman–Crippen LogP) is 2.13. The molecule has 1 unspecified atom stereocenters. The summed E-state index contributed by atoms with van der Waals surface area (Å²) in [7, 11) is 1.96. The van der Waals surface area contributed by atoms with Gasteiger partial charge in [-0.1, -0.05) is 6.07 Å². The minimum absolute atomic E-state index is 0.204. The number of anilines is 1. The zero-order valence-corrected chi connectivity index (χ0v) is 8.86. The van der Waals surface area contributed by atoms with Gasteiger partial charge in [-0.25, -0.2) is 4.98 Å².